The predicted octanol–water partition coefficient (Wildman–Crippen LogP) is 6.93. The average Bonchev–Trinajstić information content (AvgIpc) is 2.89. The molecule has 0 fully saturated rings. The molecule has 0 aliphatic rings. The highest BCUT2D eigenvalue weighted by molar-refractivity contribution is 9.10. The average molecular weight is 567 g/mol. The summed E-state index contributed by atoms with van der Waals surface area (Å²) >= 11 is 3.45. The van der Waals surface area contributed by atoms with E-state index in [0.29, 0.717) is 17.9 Å². The van der Waals surface area contributed by atoms with Gasteiger partial charge in [0.25, 0.3) is 0 Å². The van der Waals surface area contributed by atoms with Crippen molar-refractivity contribution < 1.29 is 18.6 Å². The molecular formula is C30H29BrF2N2O2. The molecule has 0 radical (unpaired) electrons. The van der Waals surface area contributed by atoms with Gasteiger partial charge in [0, 0.05) is 53.6 Å². The van der Waals surface area contributed by atoms with Crippen LogP contribution in [0.3, 0.4) is 0 Å². The van der Waals surface area contributed by atoms with E-state index in [4.69, 9.17) is 4.74 Å². The van der Waals surface area contributed by atoms with Gasteiger partial charge in [0.2, 0.25) is 5.88 Å². The Bertz CT molecular complexity index is 1380. The lowest BCUT2D eigenvalue weighted by Gasteiger charge is -2.31. The van der Waals surface area contributed by atoms with Crippen LogP contribution in [-0.2, 0) is 18.4 Å². The van der Waals surface area contributed by atoms with Crippen LogP contribution >= 0.6 is 15.9 Å². The fraction of sp³-hybridized carbons (Fsp3) is 0.233. The maximum absolute atomic E-state index is 15.1. The third-order valence-electron chi connectivity index (χ3n) is 6.49. The number of rotatable bonds is 9. The monoisotopic (exact) mass is 566 g/mol. The van der Waals surface area contributed by atoms with Gasteiger partial charge in [-0.1, -0.05) is 46.3 Å². The number of anilines is 1. The van der Waals surface area contributed by atoms with E-state index >= 15 is 4.39 Å². The van der Waals surface area contributed by atoms with Gasteiger partial charge in [-0.3, -0.25) is 0 Å². The smallest absolute Gasteiger partial charge is 0.216 e. The minimum Gasteiger partial charge on any atom is -0.481 e. The summed E-state index contributed by atoms with van der Waals surface area (Å²) in [5, 5.41) is 12.0. The Kier molecular flexibility index (Phi) is 8.25. The third-order valence-corrected chi connectivity index (χ3v) is 7.02. The standard InChI is InChI=1S/C30H29BrF2N2O2/c1-35(2)28-7-5-4-6-21(28)14-15-30(36,26-17-25(32)12-13-27(26)33)18-22-16-23(19-34-29(22)37-3)20-8-10-24(31)11-9-20/h4-13,16-17,19,36H,14-15,18H2,1-3H3. The summed E-state index contributed by atoms with van der Waals surface area (Å²) in [5.74, 6) is -0.956. The van der Waals surface area contributed by atoms with Crippen LogP contribution < -0.4 is 9.64 Å². The second kappa shape index (κ2) is 11.4. The molecule has 1 heterocycles. The number of nitrogens with zero attached hydrogens (tertiary/aromatic N) is 2. The maximum atomic E-state index is 15.1. The molecule has 0 bridgehead atoms. The van der Waals surface area contributed by atoms with Gasteiger partial charge in [0.1, 0.15) is 11.6 Å². The molecule has 0 aliphatic heterocycles. The van der Waals surface area contributed by atoms with Gasteiger partial charge in [-0.15, -0.1) is 0 Å². The van der Waals surface area contributed by atoms with Crippen molar-refractivity contribution in [1.82, 2.24) is 4.98 Å². The molecule has 4 aromatic rings. The van der Waals surface area contributed by atoms with E-state index in [1.807, 2.05) is 73.6 Å². The molecular weight excluding hydrogens is 538 g/mol. The number of aromatic nitrogens is 1. The van der Waals surface area contributed by atoms with Crippen LogP contribution in [-0.4, -0.2) is 31.3 Å². The molecule has 1 unspecified atom stereocenters. The zero-order valence-electron chi connectivity index (χ0n) is 21.0. The van der Waals surface area contributed by atoms with E-state index < -0.39 is 17.2 Å². The highest BCUT2D eigenvalue weighted by Crippen LogP contribution is 2.37. The normalized spacial score (nSPS) is 12.7. The number of para-hydroxylation sites is 1. The van der Waals surface area contributed by atoms with Crippen molar-refractivity contribution in [3.63, 3.8) is 0 Å². The largest absolute Gasteiger partial charge is 0.481 e. The minimum atomic E-state index is -1.72. The van der Waals surface area contributed by atoms with Gasteiger partial charge >= 0.3 is 0 Å². The molecule has 7 heteroatoms. The Morgan fingerprint density at radius 1 is 0.946 bits per heavy atom. The summed E-state index contributed by atoms with van der Waals surface area (Å²) in [7, 11) is 5.39. The van der Waals surface area contributed by atoms with E-state index in [9.17, 15) is 9.50 Å². The van der Waals surface area contributed by atoms with Gasteiger partial charge in [0.15, 0.2) is 0 Å². The summed E-state index contributed by atoms with van der Waals surface area (Å²) in [5.41, 5.74) is 2.53. The first kappa shape index (κ1) is 26.8. The first-order valence-electron chi connectivity index (χ1n) is 11.9. The van der Waals surface area contributed by atoms with E-state index in [-0.39, 0.29) is 18.4 Å². The van der Waals surface area contributed by atoms with Crippen LogP contribution in [0.1, 0.15) is 23.1 Å². The molecule has 0 spiro atoms. The minimum absolute atomic E-state index is 0.0158. The van der Waals surface area contributed by atoms with E-state index in [1.54, 1.807) is 6.20 Å². The number of pyridine rings is 1. The number of benzene rings is 3. The van der Waals surface area contributed by atoms with Crippen molar-refractivity contribution in [1.29, 1.82) is 0 Å². The Labute approximate surface area is 224 Å². The molecule has 0 aliphatic carbocycles. The highest BCUT2D eigenvalue weighted by atomic mass is 79.9. The van der Waals surface area contributed by atoms with Crippen molar-refractivity contribution in [2.45, 2.75) is 24.9 Å². The van der Waals surface area contributed by atoms with Gasteiger partial charge in [0.05, 0.1) is 12.7 Å². The summed E-state index contributed by atoms with van der Waals surface area (Å²) < 4.78 is 35.8. The van der Waals surface area contributed by atoms with Crippen molar-refractivity contribution in [3.8, 4) is 17.0 Å². The van der Waals surface area contributed by atoms with Gasteiger partial charge in [-0.25, -0.2) is 13.8 Å². The molecule has 192 valence electrons. The third kappa shape index (κ3) is 6.17. The van der Waals surface area contributed by atoms with Crippen LogP contribution in [0.5, 0.6) is 5.88 Å². The van der Waals surface area contributed by atoms with Gasteiger partial charge in [-0.05, 0) is 66.4 Å². The number of halogens is 3. The summed E-state index contributed by atoms with van der Waals surface area (Å²) in [6.07, 6.45) is 2.28. The summed E-state index contributed by atoms with van der Waals surface area (Å²) in [6, 6.07) is 20.7. The number of ether oxygens (including phenoxy) is 1. The lowest BCUT2D eigenvalue weighted by molar-refractivity contribution is 0.0235. The number of methoxy groups -OCH3 is 1. The number of aliphatic hydroxyl groups is 1. The lowest BCUT2D eigenvalue weighted by atomic mass is 9.81. The Balaban J connectivity index is 1.76. The van der Waals surface area contributed by atoms with Crippen molar-refractivity contribution in [2.24, 2.45) is 0 Å². The Hall–Kier alpha value is -3.29. The second-order valence-electron chi connectivity index (χ2n) is 9.25. The van der Waals surface area contributed by atoms with Gasteiger partial charge < -0.3 is 14.7 Å². The zero-order valence-corrected chi connectivity index (χ0v) is 22.6. The topological polar surface area (TPSA) is 45.6 Å². The lowest BCUT2D eigenvalue weighted by Crippen LogP contribution is -2.31. The first-order chi connectivity index (χ1) is 17.7. The molecule has 1 N–H and O–H groups in total. The van der Waals surface area contributed by atoms with Crippen molar-refractivity contribution in [2.75, 3.05) is 26.1 Å². The van der Waals surface area contributed by atoms with E-state index in [0.717, 1.165) is 45.0 Å². The summed E-state index contributed by atoms with van der Waals surface area (Å²) in [4.78, 5) is 6.44. The molecule has 0 saturated carbocycles. The molecule has 37 heavy (non-hydrogen) atoms. The van der Waals surface area contributed by atoms with E-state index in [2.05, 4.69) is 20.9 Å². The molecule has 1 aromatic heterocycles. The van der Waals surface area contributed by atoms with Crippen LogP contribution in [0, 0.1) is 11.6 Å². The fourth-order valence-electron chi connectivity index (χ4n) is 4.60. The molecule has 4 rings (SSSR count). The van der Waals surface area contributed by atoms with Crippen LogP contribution in [0.4, 0.5) is 14.5 Å². The molecule has 4 nitrogen and oxygen atoms in total. The first-order valence-corrected chi connectivity index (χ1v) is 12.7. The zero-order chi connectivity index (χ0) is 26.6. The molecule has 1 atom stereocenters. The van der Waals surface area contributed by atoms with Crippen LogP contribution in [0.25, 0.3) is 11.1 Å². The molecule has 0 amide bonds. The predicted molar refractivity (Wildman–Crippen MR) is 147 cm³/mol. The van der Waals surface area contributed by atoms with Crippen LogP contribution in [0.2, 0.25) is 0 Å². The number of aryl methyl sites for hydroxylation is 1. The highest BCUT2D eigenvalue weighted by Gasteiger charge is 2.34. The summed E-state index contributed by atoms with van der Waals surface area (Å²) in [6.45, 7) is 0. The molecule has 3 aromatic carbocycles. The second-order valence-corrected chi connectivity index (χ2v) is 10.2. The SMILES string of the molecule is COc1ncc(-c2ccc(Br)cc2)cc1CC(O)(CCc1ccccc1N(C)C)c1cc(F)ccc1F. The van der Waals surface area contributed by atoms with Gasteiger partial charge in [-0.2, -0.15) is 0 Å². The van der Waals surface area contributed by atoms with Crippen molar-refractivity contribution in [3.05, 3.63) is 112 Å². The number of hydrogen-bond donors (Lipinski definition) is 1. The number of hydrogen-bond acceptors (Lipinski definition) is 4. The Morgan fingerprint density at radius 2 is 1.68 bits per heavy atom. The quantitative estimate of drug-likeness (QED) is 0.238. The fourth-order valence-corrected chi connectivity index (χ4v) is 4.86. The molecule has 0 saturated heterocycles. The maximum Gasteiger partial charge on any atom is 0.216 e. The van der Waals surface area contributed by atoms with E-state index in [1.165, 1.54) is 7.11 Å². The van der Waals surface area contributed by atoms with Crippen molar-refractivity contribution >= 4 is 21.6 Å². The van der Waals surface area contributed by atoms with Crippen LogP contribution in [0.15, 0.2) is 83.5 Å². The Morgan fingerprint density at radius 3 is 2.38 bits per heavy atom.